The number of aryl methyl sites for hydroxylation is 2. The molecule has 0 aromatic carbocycles. The summed E-state index contributed by atoms with van der Waals surface area (Å²) in [6, 6.07) is -0.437. The van der Waals surface area contributed by atoms with Crippen molar-refractivity contribution in [1.82, 2.24) is 10.3 Å². The molecular formula is C11H19N3OS. The van der Waals surface area contributed by atoms with Gasteiger partial charge in [0.15, 0.2) is 0 Å². The average Bonchev–Trinajstić information content (AvgIpc) is 2.56. The summed E-state index contributed by atoms with van der Waals surface area (Å²) in [6.45, 7) is 7.78. The highest BCUT2D eigenvalue weighted by Gasteiger charge is 2.18. The zero-order valence-corrected chi connectivity index (χ0v) is 11.0. The molecule has 1 amide bonds. The van der Waals surface area contributed by atoms with Crippen molar-refractivity contribution in [1.29, 1.82) is 0 Å². The fraction of sp³-hybridized carbons (Fsp3) is 0.636. The van der Waals surface area contributed by atoms with Crippen LogP contribution in [0.15, 0.2) is 0 Å². The maximum absolute atomic E-state index is 11.6. The highest BCUT2D eigenvalue weighted by molar-refractivity contribution is 7.11. The highest BCUT2D eigenvalue weighted by atomic mass is 32.1. The zero-order chi connectivity index (χ0) is 12.3. The van der Waals surface area contributed by atoms with Crippen LogP contribution in [0.25, 0.3) is 0 Å². The molecule has 16 heavy (non-hydrogen) atoms. The van der Waals surface area contributed by atoms with Gasteiger partial charge >= 0.3 is 0 Å². The first-order valence-corrected chi connectivity index (χ1v) is 6.27. The molecule has 0 bridgehead atoms. The maximum atomic E-state index is 11.6. The number of aromatic nitrogens is 1. The number of nitrogens with one attached hydrogen (secondary N) is 1. The van der Waals surface area contributed by atoms with Gasteiger partial charge in [-0.3, -0.25) is 4.79 Å². The first-order chi connectivity index (χ1) is 7.45. The molecule has 0 radical (unpaired) electrons. The molecule has 0 saturated carbocycles. The van der Waals surface area contributed by atoms with Crippen LogP contribution in [0.2, 0.25) is 0 Å². The van der Waals surface area contributed by atoms with E-state index in [1.165, 1.54) is 0 Å². The van der Waals surface area contributed by atoms with Crippen molar-refractivity contribution < 1.29 is 4.79 Å². The number of nitrogens with two attached hydrogens (primary N) is 1. The Labute approximate surface area is 100 Å². The van der Waals surface area contributed by atoms with Crippen molar-refractivity contribution in [3.63, 3.8) is 0 Å². The number of carbonyl (C=O) groups is 1. The third kappa shape index (κ3) is 3.02. The summed E-state index contributed by atoms with van der Waals surface area (Å²) >= 11 is 1.62. The second-order valence-electron chi connectivity index (χ2n) is 3.93. The van der Waals surface area contributed by atoms with Crippen LogP contribution in [0.1, 0.15) is 41.9 Å². The number of hydrogen-bond donors (Lipinski definition) is 2. The molecule has 2 atom stereocenters. The molecular weight excluding hydrogens is 222 g/mol. The predicted octanol–water partition coefficient (Wildman–Crippen LogP) is 1.67. The second-order valence-corrected chi connectivity index (χ2v) is 5.16. The Bertz CT molecular complexity index is 375. The topological polar surface area (TPSA) is 68.0 Å². The minimum atomic E-state index is -0.420. The molecule has 0 fully saturated rings. The van der Waals surface area contributed by atoms with Crippen LogP contribution in [0, 0.1) is 13.8 Å². The lowest BCUT2D eigenvalue weighted by Crippen LogP contribution is -2.41. The minimum Gasteiger partial charge on any atom is -0.347 e. The van der Waals surface area contributed by atoms with E-state index in [1.54, 1.807) is 11.3 Å². The molecule has 3 N–H and O–H groups in total. The fourth-order valence-electron chi connectivity index (χ4n) is 1.52. The summed E-state index contributed by atoms with van der Waals surface area (Å²) < 4.78 is 0. The molecule has 1 aromatic heterocycles. The van der Waals surface area contributed by atoms with Gasteiger partial charge in [0.05, 0.1) is 22.8 Å². The number of carbonyl (C=O) groups excluding carboxylic acids is 1. The Balaban J connectivity index is 2.69. The van der Waals surface area contributed by atoms with E-state index in [0.717, 1.165) is 15.6 Å². The van der Waals surface area contributed by atoms with E-state index in [1.807, 2.05) is 27.7 Å². The summed E-state index contributed by atoms with van der Waals surface area (Å²) in [5.74, 6) is -0.0968. The lowest BCUT2D eigenvalue weighted by molar-refractivity contribution is -0.123. The summed E-state index contributed by atoms with van der Waals surface area (Å²) in [6.07, 6.45) is 0.652. The van der Waals surface area contributed by atoms with E-state index in [2.05, 4.69) is 10.3 Å². The van der Waals surface area contributed by atoms with Crippen molar-refractivity contribution in [3.05, 3.63) is 15.6 Å². The van der Waals surface area contributed by atoms with Gasteiger partial charge in [0.2, 0.25) is 5.91 Å². The first kappa shape index (κ1) is 13.1. The number of nitrogens with zero attached hydrogens (tertiary/aromatic N) is 1. The van der Waals surface area contributed by atoms with E-state index in [0.29, 0.717) is 6.42 Å². The SMILES string of the molecule is CCC(N)C(=O)NC(C)c1sc(C)nc1C. The summed E-state index contributed by atoms with van der Waals surface area (Å²) in [4.78, 5) is 17.1. The lowest BCUT2D eigenvalue weighted by Gasteiger charge is -2.15. The standard InChI is InChI=1S/C11H19N3OS/c1-5-9(12)11(15)14-7(3)10-6(2)13-8(4)16-10/h7,9H,5,12H2,1-4H3,(H,14,15). The average molecular weight is 241 g/mol. The Hall–Kier alpha value is -0.940. The molecule has 0 aliphatic rings. The quantitative estimate of drug-likeness (QED) is 0.842. The minimum absolute atomic E-state index is 0.0173. The Kier molecular flexibility index (Phi) is 4.44. The molecule has 0 spiro atoms. The third-order valence-electron chi connectivity index (χ3n) is 2.47. The lowest BCUT2D eigenvalue weighted by atomic mass is 10.2. The van der Waals surface area contributed by atoms with Gasteiger partial charge in [-0.25, -0.2) is 4.98 Å². The van der Waals surface area contributed by atoms with Crippen LogP contribution in [0.4, 0.5) is 0 Å². The molecule has 90 valence electrons. The smallest absolute Gasteiger partial charge is 0.237 e. The summed E-state index contributed by atoms with van der Waals surface area (Å²) in [5, 5.41) is 3.93. The second kappa shape index (κ2) is 5.41. The van der Waals surface area contributed by atoms with Gasteiger partial charge in [0.25, 0.3) is 0 Å². The van der Waals surface area contributed by atoms with Crippen LogP contribution in [0.5, 0.6) is 0 Å². The van der Waals surface area contributed by atoms with Gasteiger partial charge < -0.3 is 11.1 Å². The predicted molar refractivity (Wildman–Crippen MR) is 66.4 cm³/mol. The Morgan fingerprint density at radius 1 is 1.56 bits per heavy atom. The molecule has 0 aliphatic carbocycles. The number of thiazole rings is 1. The van der Waals surface area contributed by atoms with Crippen LogP contribution >= 0.6 is 11.3 Å². The van der Waals surface area contributed by atoms with Gasteiger partial charge in [0, 0.05) is 4.88 Å². The van der Waals surface area contributed by atoms with E-state index in [4.69, 9.17) is 5.73 Å². The largest absolute Gasteiger partial charge is 0.347 e. The molecule has 0 saturated heterocycles. The highest BCUT2D eigenvalue weighted by Crippen LogP contribution is 2.24. The van der Waals surface area contributed by atoms with Crippen molar-refractivity contribution >= 4 is 17.2 Å². The van der Waals surface area contributed by atoms with E-state index in [9.17, 15) is 4.79 Å². The third-order valence-corrected chi connectivity index (χ3v) is 3.72. The molecule has 1 aromatic rings. The normalized spacial score (nSPS) is 14.6. The Morgan fingerprint density at radius 3 is 2.62 bits per heavy atom. The fourth-order valence-corrected chi connectivity index (χ4v) is 2.45. The molecule has 0 aliphatic heterocycles. The Morgan fingerprint density at radius 2 is 2.19 bits per heavy atom. The van der Waals surface area contributed by atoms with Gasteiger partial charge in [-0.05, 0) is 27.2 Å². The summed E-state index contributed by atoms with van der Waals surface area (Å²) in [7, 11) is 0. The van der Waals surface area contributed by atoms with Crippen LogP contribution in [0.3, 0.4) is 0 Å². The first-order valence-electron chi connectivity index (χ1n) is 5.45. The van der Waals surface area contributed by atoms with Crippen LogP contribution < -0.4 is 11.1 Å². The number of hydrogen-bond acceptors (Lipinski definition) is 4. The van der Waals surface area contributed by atoms with E-state index < -0.39 is 6.04 Å². The van der Waals surface area contributed by atoms with Gasteiger partial charge in [-0.15, -0.1) is 11.3 Å². The van der Waals surface area contributed by atoms with Crippen molar-refractivity contribution in [2.45, 2.75) is 46.2 Å². The van der Waals surface area contributed by atoms with Gasteiger partial charge in [0.1, 0.15) is 0 Å². The van der Waals surface area contributed by atoms with Crippen LogP contribution in [-0.4, -0.2) is 16.9 Å². The molecule has 1 heterocycles. The zero-order valence-electron chi connectivity index (χ0n) is 10.2. The molecule has 4 nitrogen and oxygen atoms in total. The van der Waals surface area contributed by atoms with E-state index >= 15 is 0 Å². The van der Waals surface area contributed by atoms with E-state index in [-0.39, 0.29) is 11.9 Å². The number of rotatable bonds is 4. The van der Waals surface area contributed by atoms with Crippen molar-refractivity contribution in [2.24, 2.45) is 5.73 Å². The molecule has 1 rings (SSSR count). The molecule has 5 heteroatoms. The van der Waals surface area contributed by atoms with Gasteiger partial charge in [-0.2, -0.15) is 0 Å². The molecule has 2 unspecified atom stereocenters. The van der Waals surface area contributed by atoms with Gasteiger partial charge in [-0.1, -0.05) is 6.92 Å². The van der Waals surface area contributed by atoms with Crippen molar-refractivity contribution in [2.75, 3.05) is 0 Å². The maximum Gasteiger partial charge on any atom is 0.237 e. The monoisotopic (exact) mass is 241 g/mol. The number of amides is 1. The van der Waals surface area contributed by atoms with Crippen molar-refractivity contribution in [3.8, 4) is 0 Å². The van der Waals surface area contributed by atoms with Crippen LogP contribution in [-0.2, 0) is 4.79 Å². The summed E-state index contributed by atoms with van der Waals surface area (Å²) in [5.41, 5.74) is 6.65.